The van der Waals surface area contributed by atoms with Crippen molar-refractivity contribution in [1.29, 1.82) is 0 Å². The Morgan fingerprint density at radius 3 is 1.52 bits per heavy atom. The lowest BCUT2D eigenvalue weighted by Gasteiger charge is -2.20. The third kappa shape index (κ3) is 15.7. The second-order valence-corrected chi connectivity index (χ2v) is 8.05. The predicted molar refractivity (Wildman–Crippen MR) is 101 cm³/mol. The van der Waals surface area contributed by atoms with Gasteiger partial charge < -0.3 is 0 Å². The van der Waals surface area contributed by atoms with E-state index in [-0.39, 0.29) is 6.04 Å². The first-order valence-corrected chi connectivity index (χ1v) is 11.2. The van der Waals surface area contributed by atoms with Crippen molar-refractivity contribution in [2.75, 3.05) is 13.1 Å². The largest absolute Gasteiger partial charge is 0.333 e. The fraction of sp³-hybridized carbons (Fsp3) is 1.00. The molecule has 1 aliphatic heterocycles. The van der Waals surface area contributed by atoms with Gasteiger partial charge in [0.25, 0.3) is 0 Å². The number of rotatable bonds is 2. The van der Waals surface area contributed by atoms with E-state index in [1.165, 1.54) is 57.8 Å². The normalized spacial score (nSPS) is 23.1. The van der Waals surface area contributed by atoms with E-state index >= 15 is 0 Å². The fourth-order valence-corrected chi connectivity index (χ4v) is 3.79. The Bertz CT molecular complexity index is 349. The Kier molecular flexibility index (Phi) is 13.5. The smallest absolute Gasteiger partial charge is 0.273 e. The first kappa shape index (κ1) is 22.8. The van der Waals surface area contributed by atoms with E-state index in [4.69, 9.17) is 4.55 Å². The predicted octanol–water partition coefficient (Wildman–Crippen LogP) is 1.94. The molecule has 0 bridgehead atoms. The monoisotopic (exact) mass is 379 g/mol. The highest BCUT2D eigenvalue weighted by Crippen LogP contribution is 2.17. The second-order valence-electron chi connectivity index (χ2n) is 6.86. The molecular formula is C16H37N5O3S. The third-order valence-electron chi connectivity index (χ3n) is 4.51. The summed E-state index contributed by atoms with van der Waals surface area (Å²) in [4.78, 5) is 0. The molecular weight excluding hydrogens is 342 g/mol. The van der Waals surface area contributed by atoms with Crippen LogP contribution in [-0.2, 0) is 10.3 Å². The second kappa shape index (κ2) is 14.8. The van der Waals surface area contributed by atoms with Gasteiger partial charge in [-0.15, -0.1) is 0 Å². The summed E-state index contributed by atoms with van der Waals surface area (Å²) >= 11 is 0. The van der Waals surface area contributed by atoms with Gasteiger partial charge in [-0.3, -0.25) is 4.55 Å². The van der Waals surface area contributed by atoms with Gasteiger partial charge in [-0.2, -0.15) is 24.2 Å². The van der Waals surface area contributed by atoms with E-state index in [2.05, 4.69) is 26.6 Å². The van der Waals surface area contributed by atoms with Gasteiger partial charge in [-0.05, 0) is 25.7 Å². The molecule has 1 aliphatic carbocycles. The molecule has 9 heteroatoms. The summed E-state index contributed by atoms with van der Waals surface area (Å²) in [5.41, 5.74) is 12.1. The zero-order valence-electron chi connectivity index (χ0n) is 15.4. The molecule has 6 N–H and O–H groups in total. The molecule has 1 saturated heterocycles. The van der Waals surface area contributed by atoms with Crippen molar-refractivity contribution in [2.45, 2.75) is 89.5 Å². The Morgan fingerprint density at radius 1 is 0.680 bits per heavy atom. The van der Waals surface area contributed by atoms with E-state index in [0.29, 0.717) is 0 Å². The summed E-state index contributed by atoms with van der Waals surface area (Å²) in [6, 6.07) is -0.0428. The summed E-state index contributed by atoms with van der Waals surface area (Å²) in [7, 11) is -3.97. The quantitative estimate of drug-likeness (QED) is 0.406. The fourth-order valence-electron chi connectivity index (χ4n) is 3.13. The maximum absolute atomic E-state index is 10.3. The van der Waals surface area contributed by atoms with Gasteiger partial charge in [-0.25, -0.2) is 10.9 Å². The van der Waals surface area contributed by atoms with E-state index in [1.807, 2.05) is 0 Å². The maximum Gasteiger partial charge on any atom is 0.333 e. The van der Waals surface area contributed by atoms with Crippen molar-refractivity contribution in [3.63, 3.8) is 0 Å². The van der Waals surface area contributed by atoms with Gasteiger partial charge in [-0.1, -0.05) is 57.8 Å². The molecule has 25 heavy (non-hydrogen) atoms. The van der Waals surface area contributed by atoms with Gasteiger partial charge in [0.15, 0.2) is 0 Å². The molecule has 8 nitrogen and oxygen atoms in total. The topological polar surface area (TPSA) is 115 Å². The zero-order valence-corrected chi connectivity index (χ0v) is 16.2. The van der Waals surface area contributed by atoms with Crippen LogP contribution in [0.1, 0.15) is 83.5 Å². The summed E-state index contributed by atoms with van der Waals surface area (Å²) < 4.78 is 31.3. The van der Waals surface area contributed by atoms with Crippen LogP contribution in [0.5, 0.6) is 0 Å². The molecule has 0 aromatic rings. The summed E-state index contributed by atoms with van der Waals surface area (Å²) in [5, 5.41) is 0. The van der Waals surface area contributed by atoms with Gasteiger partial charge in [0, 0.05) is 19.1 Å². The van der Waals surface area contributed by atoms with Crippen LogP contribution in [0.3, 0.4) is 0 Å². The SMILES string of the molecule is C1CCCCCNNNNCCCC1.O=S(=O)(O)NC1CCCCC1. The molecule has 150 valence electrons. The zero-order chi connectivity index (χ0) is 18.2. The maximum atomic E-state index is 10.3. The van der Waals surface area contributed by atoms with Gasteiger partial charge in [0.05, 0.1) is 0 Å². The number of hydrogen-bond donors (Lipinski definition) is 6. The Balaban J connectivity index is 0.000000257. The summed E-state index contributed by atoms with van der Waals surface area (Å²) in [5.74, 6) is 0. The van der Waals surface area contributed by atoms with Crippen LogP contribution in [0.4, 0.5) is 0 Å². The number of nitrogens with one attached hydrogen (secondary N) is 5. The Morgan fingerprint density at radius 2 is 1.08 bits per heavy atom. The molecule has 0 atom stereocenters. The number of hydrazine groups is 3. The summed E-state index contributed by atoms with van der Waals surface area (Å²) in [6.07, 6.45) is 15.8. The molecule has 0 spiro atoms. The van der Waals surface area contributed by atoms with E-state index in [9.17, 15) is 8.42 Å². The van der Waals surface area contributed by atoms with Gasteiger partial charge in [0.1, 0.15) is 0 Å². The van der Waals surface area contributed by atoms with Crippen LogP contribution in [0.2, 0.25) is 0 Å². The van der Waals surface area contributed by atoms with Gasteiger partial charge >= 0.3 is 10.3 Å². The lowest BCUT2D eigenvalue weighted by molar-refractivity contribution is 0.357. The van der Waals surface area contributed by atoms with Gasteiger partial charge in [0.2, 0.25) is 0 Å². The first-order valence-electron chi connectivity index (χ1n) is 9.78. The highest BCUT2D eigenvalue weighted by atomic mass is 32.2. The van der Waals surface area contributed by atoms with Crippen LogP contribution < -0.4 is 26.6 Å². The van der Waals surface area contributed by atoms with Crippen molar-refractivity contribution in [1.82, 2.24) is 26.6 Å². The molecule has 2 fully saturated rings. The molecule has 2 rings (SSSR count). The van der Waals surface area contributed by atoms with Crippen molar-refractivity contribution in [2.24, 2.45) is 0 Å². The highest BCUT2D eigenvalue weighted by molar-refractivity contribution is 7.83. The minimum atomic E-state index is -3.97. The lowest BCUT2D eigenvalue weighted by Crippen LogP contribution is -2.51. The minimum absolute atomic E-state index is 0.0428. The van der Waals surface area contributed by atoms with Crippen molar-refractivity contribution in [3.8, 4) is 0 Å². The standard InChI is InChI=1S/C10H24N4.C6H13NO3S/c1-2-4-6-8-10-12-14-13-11-9-7-5-3-1;8-11(9,10)7-6-4-2-1-3-5-6/h11-14H,1-10H2;6-7H,1-5H2,(H,8,9,10). The van der Waals surface area contributed by atoms with Crippen LogP contribution in [0, 0.1) is 0 Å². The Labute approximate surface area is 153 Å². The lowest BCUT2D eigenvalue weighted by atomic mass is 9.96. The average molecular weight is 380 g/mol. The van der Waals surface area contributed by atoms with Crippen molar-refractivity contribution < 1.29 is 13.0 Å². The van der Waals surface area contributed by atoms with E-state index < -0.39 is 10.3 Å². The van der Waals surface area contributed by atoms with E-state index in [1.54, 1.807) is 0 Å². The third-order valence-corrected chi connectivity index (χ3v) is 5.14. The molecule has 0 amide bonds. The molecule has 2 aliphatic rings. The van der Waals surface area contributed by atoms with Crippen LogP contribution in [-0.4, -0.2) is 32.1 Å². The molecule has 0 aromatic heterocycles. The van der Waals surface area contributed by atoms with Crippen molar-refractivity contribution in [3.05, 3.63) is 0 Å². The van der Waals surface area contributed by atoms with Crippen LogP contribution in [0.15, 0.2) is 0 Å². The minimum Gasteiger partial charge on any atom is -0.273 e. The van der Waals surface area contributed by atoms with Crippen LogP contribution in [0.25, 0.3) is 0 Å². The first-order chi connectivity index (χ1) is 12.1. The molecule has 0 unspecified atom stereocenters. The summed E-state index contributed by atoms with van der Waals surface area (Å²) in [6.45, 7) is 2.07. The molecule has 0 aromatic carbocycles. The number of hydrogen-bond acceptors (Lipinski definition) is 6. The molecule has 1 saturated carbocycles. The Hall–Kier alpha value is -0.290. The molecule has 0 radical (unpaired) electrons. The average Bonchev–Trinajstić information content (AvgIpc) is 2.57. The van der Waals surface area contributed by atoms with E-state index in [0.717, 1.165) is 38.8 Å². The highest BCUT2D eigenvalue weighted by Gasteiger charge is 2.17. The molecule has 1 heterocycles. The van der Waals surface area contributed by atoms with Crippen molar-refractivity contribution >= 4 is 10.3 Å². The van der Waals surface area contributed by atoms with Crippen LogP contribution >= 0.6 is 0 Å².